The van der Waals surface area contributed by atoms with E-state index in [0.29, 0.717) is 18.8 Å². The summed E-state index contributed by atoms with van der Waals surface area (Å²) in [5.74, 6) is -2.83. The van der Waals surface area contributed by atoms with Crippen molar-refractivity contribution in [3.05, 3.63) is 59.1 Å². The molecule has 2 aliphatic heterocycles. The number of hydrogen-bond acceptors (Lipinski definition) is 6. The Kier molecular flexibility index (Phi) is 8.22. The number of ether oxygens (including phenoxy) is 1. The van der Waals surface area contributed by atoms with E-state index in [9.17, 15) is 18.0 Å². The first-order chi connectivity index (χ1) is 15.7. The Labute approximate surface area is 192 Å². The minimum Gasteiger partial charge on any atom is -0.475 e. The summed E-state index contributed by atoms with van der Waals surface area (Å²) in [6.07, 6.45) is 0.545. The average Bonchev–Trinajstić information content (AvgIpc) is 2.80. The fourth-order valence-corrected chi connectivity index (χ4v) is 3.95. The van der Waals surface area contributed by atoms with E-state index in [-0.39, 0.29) is 18.1 Å². The van der Waals surface area contributed by atoms with Gasteiger partial charge < -0.3 is 14.7 Å². The van der Waals surface area contributed by atoms with Gasteiger partial charge >= 0.3 is 12.1 Å². The maximum absolute atomic E-state index is 12.9. The number of carboxylic acid groups (broad SMARTS) is 1. The second kappa shape index (κ2) is 10.9. The predicted octanol–water partition coefficient (Wildman–Crippen LogP) is 2.88. The Morgan fingerprint density at radius 2 is 1.94 bits per heavy atom. The number of carboxylic acids is 1. The van der Waals surface area contributed by atoms with Crippen LogP contribution < -0.4 is 0 Å². The van der Waals surface area contributed by atoms with Crippen molar-refractivity contribution < 1.29 is 32.6 Å². The number of aromatic nitrogens is 2. The third kappa shape index (κ3) is 6.62. The lowest BCUT2D eigenvalue weighted by Gasteiger charge is -2.47. The quantitative estimate of drug-likeness (QED) is 0.712. The van der Waals surface area contributed by atoms with E-state index in [1.54, 1.807) is 12.4 Å². The normalized spacial score (nSPS) is 20.9. The average molecular weight is 487 g/mol. The summed E-state index contributed by atoms with van der Waals surface area (Å²) >= 11 is 6.31. The molecule has 2 aliphatic rings. The van der Waals surface area contributed by atoms with Crippen molar-refractivity contribution in [1.29, 1.82) is 0 Å². The molecular weight excluding hydrogens is 465 g/mol. The first kappa shape index (κ1) is 24.9. The number of halogens is 4. The molecule has 33 heavy (non-hydrogen) atoms. The van der Waals surface area contributed by atoms with Crippen LogP contribution in [0.2, 0.25) is 5.02 Å². The number of morpholine rings is 1. The van der Waals surface area contributed by atoms with Gasteiger partial charge in [0.1, 0.15) is 5.69 Å². The number of carbonyl (C=O) groups is 2. The molecule has 2 aromatic rings. The SMILES string of the molecule is O=C(O)C(F)(F)F.O=C(c1cnccn1)N1CCO[C@H]2CCN(Cc3ccccc3Cl)C[C@@H]21. The Morgan fingerprint density at radius 1 is 1.21 bits per heavy atom. The molecule has 1 amide bonds. The third-order valence-electron chi connectivity index (χ3n) is 5.31. The predicted molar refractivity (Wildman–Crippen MR) is 112 cm³/mol. The number of carbonyl (C=O) groups excluding carboxylic acids is 1. The molecule has 1 N–H and O–H groups in total. The molecule has 4 rings (SSSR count). The maximum Gasteiger partial charge on any atom is 0.490 e. The van der Waals surface area contributed by atoms with Crippen molar-refractivity contribution in [2.45, 2.75) is 31.3 Å². The van der Waals surface area contributed by atoms with Gasteiger partial charge in [0.25, 0.3) is 5.91 Å². The summed E-state index contributed by atoms with van der Waals surface area (Å²) in [7, 11) is 0. The van der Waals surface area contributed by atoms with Gasteiger partial charge in [-0.2, -0.15) is 13.2 Å². The number of likely N-dealkylation sites (tertiary alicyclic amines) is 1. The van der Waals surface area contributed by atoms with Gasteiger partial charge in [0.15, 0.2) is 0 Å². The van der Waals surface area contributed by atoms with E-state index in [2.05, 4.69) is 14.9 Å². The van der Waals surface area contributed by atoms with E-state index in [1.807, 2.05) is 29.2 Å². The van der Waals surface area contributed by atoms with Gasteiger partial charge in [-0.25, -0.2) is 9.78 Å². The molecule has 2 saturated heterocycles. The van der Waals surface area contributed by atoms with Crippen molar-refractivity contribution in [2.24, 2.45) is 0 Å². The standard InChI is InChI=1S/C19H21ClN4O2.C2HF3O2/c20-15-4-2-1-3-14(15)12-23-8-5-18-17(13-23)24(9-10-26-18)19(25)16-11-21-6-7-22-16;3-2(4,5)1(6)7/h1-4,6-7,11,17-18H,5,8-10,12-13H2;(H,6,7)/t17-,18-;/m0./s1. The molecule has 0 bridgehead atoms. The Morgan fingerprint density at radius 3 is 2.58 bits per heavy atom. The molecule has 0 aliphatic carbocycles. The zero-order valence-electron chi connectivity index (χ0n) is 17.4. The van der Waals surface area contributed by atoms with Gasteiger partial charge in [-0.05, 0) is 18.1 Å². The van der Waals surface area contributed by atoms with Crippen molar-refractivity contribution in [2.75, 3.05) is 26.2 Å². The Hall–Kier alpha value is -2.76. The number of nitrogens with zero attached hydrogens (tertiary/aromatic N) is 4. The van der Waals surface area contributed by atoms with Crippen LogP contribution in [-0.2, 0) is 16.1 Å². The van der Waals surface area contributed by atoms with E-state index >= 15 is 0 Å². The summed E-state index contributed by atoms with van der Waals surface area (Å²) < 4.78 is 37.7. The minimum absolute atomic E-state index is 0.0227. The summed E-state index contributed by atoms with van der Waals surface area (Å²) in [4.78, 5) is 34.2. The highest BCUT2D eigenvalue weighted by Crippen LogP contribution is 2.26. The van der Waals surface area contributed by atoms with Crippen LogP contribution in [0, 0.1) is 0 Å². The number of piperidine rings is 1. The number of fused-ring (bicyclic) bond motifs is 1. The summed E-state index contributed by atoms with van der Waals surface area (Å²) in [6.45, 7) is 3.62. The van der Waals surface area contributed by atoms with Gasteiger partial charge in [-0.15, -0.1) is 0 Å². The van der Waals surface area contributed by atoms with Crippen LogP contribution in [-0.4, -0.2) is 81.3 Å². The van der Waals surface area contributed by atoms with Crippen LogP contribution in [0.4, 0.5) is 13.2 Å². The van der Waals surface area contributed by atoms with E-state index in [1.165, 1.54) is 6.20 Å². The lowest BCUT2D eigenvalue weighted by Crippen LogP contribution is -2.61. The smallest absolute Gasteiger partial charge is 0.475 e. The van der Waals surface area contributed by atoms with Gasteiger partial charge in [0, 0.05) is 43.6 Å². The second-order valence-corrected chi connectivity index (χ2v) is 7.89. The largest absolute Gasteiger partial charge is 0.490 e. The molecular formula is C21H22ClF3N4O4. The molecule has 0 saturated carbocycles. The number of alkyl halides is 3. The molecule has 2 fully saturated rings. The van der Waals surface area contributed by atoms with Gasteiger partial charge in [0.05, 0.1) is 24.9 Å². The first-order valence-electron chi connectivity index (χ1n) is 10.1. The monoisotopic (exact) mass is 486 g/mol. The fraction of sp³-hybridized carbons (Fsp3) is 0.429. The molecule has 3 heterocycles. The second-order valence-electron chi connectivity index (χ2n) is 7.48. The molecule has 0 radical (unpaired) electrons. The summed E-state index contributed by atoms with van der Waals surface area (Å²) in [5.41, 5.74) is 1.49. The minimum atomic E-state index is -5.08. The fourth-order valence-electron chi connectivity index (χ4n) is 3.76. The highest BCUT2D eigenvalue weighted by atomic mass is 35.5. The van der Waals surface area contributed by atoms with Crippen molar-refractivity contribution in [3.63, 3.8) is 0 Å². The van der Waals surface area contributed by atoms with Crippen molar-refractivity contribution in [3.8, 4) is 0 Å². The van der Waals surface area contributed by atoms with Crippen LogP contribution in [0.15, 0.2) is 42.9 Å². The topological polar surface area (TPSA) is 95.9 Å². The zero-order valence-corrected chi connectivity index (χ0v) is 18.2. The van der Waals surface area contributed by atoms with Gasteiger partial charge in [0.2, 0.25) is 0 Å². The maximum atomic E-state index is 12.9. The van der Waals surface area contributed by atoms with Crippen molar-refractivity contribution >= 4 is 23.5 Å². The molecule has 1 aromatic carbocycles. The van der Waals surface area contributed by atoms with E-state index < -0.39 is 12.1 Å². The lowest BCUT2D eigenvalue weighted by atomic mass is 9.97. The van der Waals surface area contributed by atoms with Crippen LogP contribution in [0.3, 0.4) is 0 Å². The highest BCUT2D eigenvalue weighted by Gasteiger charge is 2.40. The van der Waals surface area contributed by atoms with Gasteiger partial charge in [-0.3, -0.25) is 14.7 Å². The van der Waals surface area contributed by atoms with Crippen LogP contribution in [0.25, 0.3) is 0 Å². The third-order valence-corrected chi connectivity index (χ3v) is 5.67. The molecule has 0 spiro atoms. The molecule has 12 heteroatoms. The number of benzene rings is 1. The molecule has 178 valence electrons. The number of amides is 1. The number of rotatable bonds is 3. The van der Waals surface area contributed by atoms with Crippen molar-refractivity contribution in [1.82, 2.24) is 19.8 Å². The molecule has 8 nitrogen and oxygen atoms in total. The Balaban J connectivity index is 0.000000383. The number of aliphatic carboxylic acids is 1. The van der Waals surface area contributed by atoms with Crippen LogP contribution in [0.5, 0.6) is 0 Å². The zero-order chi connectivity index (χ0) is 24.0. The van der Waals surface area contributed by atoms with Crippen LogP contribution in [0.1, 0.15) is 22.5 Å². The van der Waals surface area contributed by atoms with Crippen LogP contribution >= 0.6 is 11.6 Å². The highest BCUT2D eigenvalue weighted by molar-refractivity contribution is 6.31. The molecule has 2 atom stereocenters. The first-order valence-corrected chi connectivity index (χ1v) is 10.5. The molecule has 0 unspecified atom stereocenters. The Bertz CT molecular complexity index is 964. The summed E-state index contributed by atoms with van der Waals surface area (Å²) in [5, 5.41) is 7.90. The lowest BCUT2D eigenvalue weighted by molar-refractivity contribution is -0.192. The summed E-state index contributed by atoms with van der Waals surface area (Å²) in [6, 6.07) is 7.93. The molecule has 1 aromatic heterocycles. The van der Waals surface area contributed by atoms with E-state index in [0.717, 1.165) is 36.6 Å². The number of hydrogen-bond donors (Lipinski definition) is 1. The van der Waals surface area contributed by atoms with E-state index in [4.69, 9.17) is 26.2 Å². The van der Waals surface area contributed by atoms with Gasteiger partial charge in [-0.1, -0.05) is 29.8 Å².